The summed E-state index contributed by atoms with van der Waals surface area (Å²) in [5.41, 5.74) is 1.68. The third-order valence-corrected chi connectivity index (χ3v) is 2.61. The van der Waals surface area contributed by atoms with Crippen molar-refractivity contribution in [2.24, 2.45) is 0 Å². The molecule has 13 heavy (non-hydrogen) atoms. The Morgan fingerprint density at radius 3 is 2.77 bits per heavy atom. The molecule has 0 aliphatic heterocycles. The fourth-order valence-electron chi connectivity index (χ4n) is 1.34. The Morgan fingerprint density at radius 1 is 1.54 bits per heavy atom. The van der Waals surface area contributed by atoms with E-state index in [9.17, 15) is 0 Å². The van der Waals surface area contributed by atoms with E-state index < -0.39 is 0 Å². The molecule has 0 spiro atoms. The molecule has 0 amide bonds. The first-order valence-electron chi connectivity index (χ1n) is 4.39. The van der Waals surface area contributed by atoms with Crippen molar-refractivity contribution in [1.29, 1.82) is 5.26 Å². The maximum atomic E-state index is 8.88. The van der Waals surface area contributed by atoms with E-state index in [1.54, 1.807) is 0 Å². The van der Waals surface area contributed by atoms with Gasteiger partial charge in [-0.1, -0.05) is 31.5 Å². The summed E-state index contributed by atoms with van der Waals surface area (Å²) in [6, 6.07) is 7.63. The Morgan fingerprint density at radius 2 is 2.23 bits per heavy atom. The van der Waals surface area contributed by atoms with Gasteiger partial charge in [-0.25, -0.2) is 0 Å². The Kier molecular flexibility index (Phi) is 3.33. The van der Waals surface area contributed by atoms with Crippen LogP contribution in [-0.2, 0) is 0 Å². The van der Waals surface area contributed by atoms with Crippen LogP contribution in [0.3, 0.4) is 0 Å². The van der Waals surface area contributed by atoms with Crippen molar-refractivity contribution in [3.63, 3.8) is 0 Å². The zero-order valence-electron chi connectivity index (χ0n) is 7.84. The van der Waals surface area contributed by atoms with E-state index in [0.29, 0.717) is 16.5 Å². The highest BCUT2D eigenvalue weighted by molar-refractivity contribution is 6.31. The third kappa shape index (κ3) is 2.02. The van der Waals surface area contributed by atoms with Gasteiger partial charge in [0.1, 0.15) is 0 Å². The van der Waals surface area contributed by atoms with Gasteiger partial charge in [0, 0.05) is 5.02 Å². The molecule has 0 aliphatic carbocycles. The van der Waals surface area contributed by atoms with Crippen molar-refractivity contribution in [3.05, 3.63) is 34.3 Å². The highest BCUT2D eigenvalue weighted by Crippen LogP contribution is 2.29. The molecule has 0 N–H and O–H groups in total. The lowest BCUT2D eigenvalue weighted by Crippen LogP contribution is -1.96. The van der Waals surface area contributed by atoms with Crippen molar-refractivity contribution in [1.82, 2.24) is 0 Å². The van der Waals surface area contributed by atoms with E-state index in [1.807, 2.05) is 18.2 Å². The minimum atomic E-state index is 0.350. The normalized spacial score (nSPS) is 12.2. The van der Waals surface area contributed by atoms with Crippen LogP contribution in [0.5, 0.6) is 0 Å². The fraction of sp³-hybridized carbons (Fsp3) is 0.364. The molecular formula is C11H12ClN. The van der Waals surface area contributed by atoms with Crippen LogP contribution in [0.4, 0.5) is 0 Å². The van der Waals surface area contributed by atoms with E-state index in [2.05, 4.69) is 19.9 Å². The highest BCUT2D eigenvalue weighted by atomic mass is 35.5. The van der Waals surface area contributed by atoms with Gasteiger partial charge in [0.25, 0.3) is 0 Å². The standard InChI is InChI=1S/C11H12ClN/c1-3-8(2)11-9(7-13)5-4-6-10(11)12/h4-6,8H,3H2,1-2H3. The molecule has 1 nitrogen and oxygen atoms in total. The second-order valence-electron chi connectivity index (χ2n) is 3.12. The Labute approximate surface area is 84.0 Å². The lowest BCUT2D eigenvalue weighted by atomic mass is 9.94. The van der Waals surface area contributed by atoms with Gasteiger partial charge in [-0.05, 0) is 30.0 Å². The molecule has 0 aromatic heterocycles. The van der Waals surface area contributed by atoms with Crippen molar-refractivity contribution in [2.45, 2.75) is 26.2 Å². The number of rotatable bonds is 2. The second-order valence-corrected chi connectivity index (χ2v) is 3.53. The van der Waals surface area contributed by atoms with Crippen LogP contribution in [0, 0.1) is 11.3 Å². The first-order chi connectivity index (χ1) is 6.20. The predicted octanol–water partition coefficient (Wildman–Crippen LogP) is 3.73. The lowest BCUT2D eigenvalue weighted by molar-refractivity contribution is 0.731. The molecule has 1 atom stereocenters. The Bertz CT molecular complexity index is 338. The highest BCUT2D eigenvalue weighted by Gasteiger charge is 2.11. The van der Waals surface area contributed by atoms with Crippen LogP contribution in [-0.4, -0.2) is 0 Å². The number of halogens is 1. The summed E-state index contributed by atoms with van der Waals surface area (Å²) in [5, 5.41) is 9.58. The monoisotopic (exact) mass is 193 g/mol. The maximum Gasteiger partial charge on any atom is 0.0995 e. The number of nitrogens with zero attached hydrogens (tertiary/aromatic N) is 1. The zero-order valence-corrected chi connectivity index (χ0v) is 8.60. The molecule has 68 valence electrons. The minimum Gasteiger partial charge on any atom is -0.192 e. The summed E-state index contributed by atoms with van der Waals surface area (Å²) < 4.78 is 0. The summed E-state index contributed by atoms with van der Waals surface area (Å²) in [6.45, 7) is 4.18. The molecule has 0 bridgehead atoms. The smallest absolute Gasteiger partial charge is 0.0995 e. The Balaban J connectivity index is 3.24. The number of benzene rings is 1. The van der Waals surface area contributed by atoms with Crippen LogP contribution in [0.1, 0.15) is 37.3 Å². The number of hydrogen-bond acceptors (Lipinski definition) is 1. The molecule has 2 heteroatoms. The molecule has 1 unspecified atom stereocenters. The van der Waals surface area contributed by atoms with Crippen molar-refractivity contribution in [2.75, 3.05) is 0 Å². The molecule has 0 aliphatic rings. The van der Waals surface area contributed by atoms with Gasteiger partial charge < -0.3 is 0 Å². The molecular weight excluding hydrogens is 182 g/mol. The molecule has 1 aromatic rings. The number of hydrogen-bond donors (Lipinski definition) is 0. The lowest BCUT2D eigenvalue weighted by Gasteiger charge is -2.12. The van der Waals surface area contributed by atoms with Gasteiger partial charge in [-0.2, -0.15) is 5.26 Å². The van der Waals surface area contributed by atoms with Crippen LogP contribution < -0.4 is 0 Å². The molecule has 0 heterocycles. The predicted molar refractivity (Wildman–Crippen MR) is 54.9 cm³/mol. The zero-order chi connectivity index (χ0) is 9.84. The molecule has 0 saturated heterocycles. The minimum absolute atomic E-state index is 0.350. The van der Waals surface area contributed by atoms with E-state index in [-0.39, 0.29) is 0 Å². The summed E-state index contributed by atoms with van der Waals surface area (Å²) in [7, 11) is 0. The van der Waals surface area contributed by atoms with Crippen LogP contribution >= 0.6 is 11.6 Å². The second kappa shape index (κ2) is 4.30. The van der Waals surface area contributed by atoms with E-state index in [0.717, 1.165) is 12.0 Å². The van der Waals surface area contributed by atoms with Gasteiger partial charge >= 0.3 is 0 Å². The molecule has 0 radical (unpaired) electrons. The van der Waals surface area contributed by atoms with Crippen LogP contribution in [0.25, 0.3) is 0 Å². The average Bonchev–Trinajstić information content (AvgIpc) is 2.16. The van der Waals surface area contributed by atoms with E-state index in [1.165, 1.54) is 0 Å². The van der Waals surface area contributed by atoms with E-state index in [4.69, 9.17) is 16.9 Å². The molecule has 1 aromatic carbocycles. The summed E-state index contributed by atoms with van der Waals surface area (Å²) in [4.78, 5) is 0. The SMILES string of the molecule is CCC(C)c1c(Cl)cccc1C#N. The summed E-state index contributed by atoms with van der Waals surface area (Å²) in [6.07, 6.45) is 0.998. The van der Waals surface area contributed by atoms with E-state index >= 15 is 0 Å². The molecule has 0 saturated carbocycles. The largest absolute Gasteiger partial charge is 0.192 e. The topological polar surface area (TPSA) is 23.8 Å². The van der Waals surface area contributed by atoms with Gasteiger partial charge in [0.05, 0.1) is 11.6 Å². The first kappa shape index (κ1) is 10.1. The Hall–Kier alpha value is -1.00. The van der Waals surface area contributed by atoms with Gasteiger partial charge in [0.2, 0.25) is 0 Å². The average molecular weight is 194 g/mol. The summed E-state index contributed by atoms with van der Waals surface area (Å²) >= 11 is 6.03. The molecule has 0 fully saturated rings. The van der Waals surface area contributed by atoms with Crippen molar-refractivity contribution >= 4 is 11.6 Å². The van der Waals surface area contributed by atoms with Crippen LogP contribution in [0.15, 0.2) is 18.2 Å². The van der Waals surface area contributed by atoms with Crippen LogP contribution in [0.2, 0.25) is 5.02 Å². The van der Waals surface area contributed by atoms with Gasteiger partial charge in [-0.3, -0.25) is 0 Å². The number of nitriles is 1. The quantitative estimate of drug-likeness (QED) is 0.702. The fourth-order valence-corrected chi connectivity index (χ4v) is 1.70. The van der Waals surface area contributed by atoms with Crippen molar-refractivity contribution < 1.29 is 0 Å². The van der Waals surface area contributed by atoms with Gasteiger partial charge in [-0.15, -0.1) is 0 Å². The van der Waals surface area contributed by atoms with Crippen molar-refractivity contribution in [3.8, 4) is 6.07 Å². The summed E-state index contributed by atoms with van der Waals surface area (Å²) in [5.74, 6) is 0.350. The third-order valence-electron chi connectivity index (χ3n) is 2.28. The maximum absolute atomic E-state index is 8.88. The van der Waals surface area contributed by atoms with Gasteiger partial charge in [0.15, 0.2) is 0 Å². The molecule has 1 rings (SSSR count). The first-order valence-corrected chi connectivity index (χ1v) is 4.77.